The van der Waals surface area contributed by atoms with Crippen LogP contribution in [0.1, 0.15) is 23.7 Å². The number of amides is 1. The fourth-order valence-corrected chi connectivity index (χ4v) is 1.60. The molecule has 1 aromatic rings. The van der Waals surface area contributed by atoms with E-state index in [1.54, 1.807) is 0 Å². The second-order valence-electron chi connectivity index (χ2n) is 3.68. The van der Waals surface area contributed by atoms with Gasteiger partial charge >= 0.3 is 0 Å². The summed E-state index contributed by atoms with van der Waals surface area (Å²) in [6, 6.07) is 3.26. The monoisotopic (exact) mass is 272 g/mol. The van der Waals surface area contributed by atoms with Gasteiger partial charge in [-0.05, 0) is 12.5 Å². The third kappa shape index (κ3) is 3.41. The molecule has 0 fully saturated rings. The van der Waals surface area contributed by atoms with E-state index in [1.807, 2.05) is 6.92 Å². The molecule has 0 aliphatic carbocycles. The number of hydrogen-bond donors (Lipinski definition) is 2. The number of aliphatic hydroxyl groups excluding tert-OH is 1. The summed E-state index contributed by atoms with van der Waals surface area (Å²) in [6.07, 6.45) is 0.576. The molecule has 0 saturated heterocycles. The van der Waals surface area contributed by atoms with Crippen molar-refractivity contribution in [2.75, 3.05) is 6.61 Å². The number of halogens is 1. The van der Waals surface area contributed by atoms with Gasteiger partial charge in [0.05, 0.1) is 28.2 Å². The van der Waals surface area contributed by atoms with Crippen molar-refractivity contribution in [2.24, 2.45) is 0 Å². The van der Waals surface area contributed by atoms with Crippen molar-refractivity contribution >= 4 is 23.2 Å². The zero-order valence-corrected chi connectivity index (χ0v) is 10.5. The number of aliphatic hydroxyl groups is 1. The van der Waals surface area contributed by atoms with Crippen molar-refractivity contribution in [3.8, 4) is 0 Å². The van der Waals surface area contributed by atoms with E-state index in [2.05, 4.69) is 5.32 Å². The minimum atomic E-state index is -0.587. The Kier molecular flexibility index (Phi) is 5.06. The number of nitrogens with one attached hydrogen (secondary N) is 1. The summed E-state index contributed by atoms with van der Waals surface area (Å²) >= 11 is 5.81. The summed E-state index contributed by atoms with van der Waals surface area (Å²) in [5.41, 5.74) is -0.0279. The molecule has 0 bridgehead atoms. The van der Waals surface area contributed by atoms with Crippen LogP contribution in [0.15, 0.2) is 18.2 Å². The molecule has 1 unspecified atom stereocenters. The standard InChI is InChI=1S/C11H13ClN2O4/c1-2-7(6-15)13-11(16)9-4-3-8(14(17)18)5-10(9)12/h3-5,7,15H,2,6H2,1H3,(H,13,16). The predicted molar refractivity (Wildman–Crippen MR) is 66.7 cm³/mol. The predicted octanol–water partition coefficient (Wildman–Crippen LogP) is 1.75. The third-order valence-corrected chi connectivity index (χ3v) is 2.77. The lowest BCUT2D eigenvalue weighted by atomic mass is 10.1. The Bertz CT molecular complexity index is 460. The quantitative estimate of drug-likeness (QED) is 0.631. The van der Waals surface area contributed by atoms with Crippen LogP contribution in [-0.4, -0.2) is 28.6 Å². The van der Waals surface area contributed by atoms with Gasteiger partial charge in [-0.3, -0.25) is 14.9 Å². The lowest BCUT2D eigenvalue weighted by molar-refractivity contribution is -0.384. The van der Waals surface area contributed by atoms with Crippen LogP contribution in [-0.2, 0) is 0 Å². The highest BCUT2D eigenvalue weighted by atomic mass is 35.5. The van der Waals surface area contributed by atoms with Gasteiger partial charge in [0.2, 0.25) is 0 Å². The summed E-state index contributed by atoms with van der Waals surface area (Å²) in [7, 11) is 0. The van der Waals surface area contributed by atoms with E-state index in [9.17, 15) is 14.9 Å². The van der Waals surface area contributed by atoms with Gasteiger partial charge in [-0.2, -0.15) is 0 Å². The summed E-state index contributed by atoms with van der Waals surface area (Å²) in [4.78, 5) is 21.7. The molecule has 0 aromatic heterocycles. The van der Waals surface area contributed by atoms with Crippen LogP contribution in [0.3, 0.4) is 0 Å². The van der Waals surface area contributed by atoms with Crippen LogP contribution in [0.4, 0.5) is 5.69 Å². The normalized spacial score (nSPS) is 11.9. The number of nitrogens with zero attached hydrogens (tertiary/aromatic N) is 1. The number of rotatable bonds is 5. The molecule has 1 amide bonds. The molecule has 0 radical (unpaired) electrons. The maximum absolute atomic E-state index is 11.8. The van der Waals surface area contributed by atoms with E-state index in [1.165, 1.54) is 12.1 Å². The number of benzene rings is 1. The molecule has 1 atom stereocenters. The zero-order valence-electron chi connectivity index (χ0n) is 9.72. The topological polar surface area (TPSA) is 92.5 Å². The molecule has 1 rings (SSSR count). The Labute approximate surface area is 109 Å². The molecule has 0 aliphatic heterocycles. The Morgan fingerprint density at radius 2 is 2.28 bits per heavy atom. The molecule has 18 heavy (non-hydrogen) atoms. The lowest BCUT2D eigenvalue weighted by Gasteiger charge is -2.14. The molecule has 1 aromatic carbocycles. The molecule has 2 N–H and O–H groups in total. The minimum Gasteiger partial charge on any atom is -0.394 e. The molecule has 0 saturated carbocycles. The highest BCUT2D eigenvalue weighted by Gasteiger charge is 2.17. The van der Waals surface area contributed by atoms with Crippen molar-refractivity contribution < 1.29 is 14.8 Å². The molecule has 0 heterocycles. The second-order valence-corrected chi connectivity index (χ2v) is 4.09. The Morgan fingerprint density at radius 3 is 2.72 bits per heavy atom. The van der Waals surface area contributed by atoms with Crippen molar-refractivity contribution in [1.82, 2.24) is 5.32 Å². The first kappa shape index (κ1) is 14.4. The van der Waals surface area contributed by atoms with Gasteiger partial charge in [-0.25, -0.2) is 0 Å². The number of hydrogen-bond acceptors (Lipinski definition) is 4. The summed E-state index contributed by atoms with van der Waals surface area (Å²) in [5, 5.41) is 22.1. The number of carbonyl (C=O) groups excluding carboxylic acids is 1. The maximum Gasteiger partial charge on any atom is 0.270 e. The molecule has 6 nitrogen and oxygen atoms in total. The fourth-order valence-electron chi connectivity index (χ4n) is 1.34. The number of carbonyl (C=O) groups is 1. The fraction of sp³-hybridized carbons (Fsp3) is 0.364. The first-order valence-electron chi connectivity index (χ1n) is 5.35. The SMILES string of the molecule is CCC(CO)NC(=O)c1ccc([N+](=O)[O-])cc1Cl. The van der Waals surface area contributed by atoms with E-state index in [0.717, 1.165) is 6.07 Å². The average molecular weight is 273 g/mol. The molecule has 0 aliphatic rings. The van der Waals surface area contributed by atoms with Crippen LogP contribution in [0.5, 0.6) is 0 Å². The van der Waals surface area contributed by atoms with E-state index in [4.69, 9.17) is 16.7 Å². The number of nitro groups is 1. The van der Waals surface area contributed by atoms with Gasteiger partial charge < -0.3 is 10.4 Å². The molecular formula is C11H13ClN2O4. The summed E-state index contributed by atoms with van der Waals surface area (Å²) in [6.45, 7) is 1.64. The number of nitro benzene ring substituents is 1. The van der Waals surface area contributed by atoms with E-state index < -0.39 is 10.8 Å². The zero-order chi connectivity index (χ0) is 13.7. The van der Waals surface area contributed by atoms with E-state index >= 15 is 0 Å². The first-order valence-corrected chi connectivity index (χ1v) is 5.73. The molecule has 0 spiro atoms. The smallest absolute Gasteiger partial charge is 0.270 e. The highest BCUT2D eigenvalue weighted by Crippen LogP contribution is 2.22. The van der Waals surface area contributed by atoms with Gasteiger partial charge in [0.1, 0.15) is 0 Å². The highest BCUT2D eigenvalue weighted by molar-refractivity contribution is 6.34. The van der Waals surface area contributed by atoms with Crippen LogP contribution in [0, 0.1) is 10.1 Å². The molecule has 98 valence electrons. The van der Waals surface area contributed by atoms with Gasteiger partial charge in [-0.1, -0.05) is 18.5 Å². The lowest BCUT2D eigenvalue weighted by Crippen LogP contribution is -2.37. The average Bonchev–Trinajstić information content (AvgIpc) is 2.35. The van der Waals surface area contributed by atoms with E-state index in [-0.39, 0.29) is 28.9 Å². The van der Waals surface area contributed by atoms with Crippen molar-refractivity contribution in [1.29, 1.82) is 0 Å². The van der Waals surface area contributed by atoms with Crippen LogP contribution in [0.25, 0.3) is 0 Å². The van der Waals surface area contributed by atoms with Crippen molar-refractivity contribution in [2.45, 2.75) is 19.4 Å². The van der Waals surface area contributed by atoms with Gasteiger partial charge in [0, 0.05) is 12.1 Å². The van der Waals surface area contributed by atoms with E-state index in [0.29, 0.717) is 6.42 Å². The van der Waals surface area contributed by atoms with Gasteiger partial charge in [0.25, 0.3) is 11.6 Å². The molecular weight excluding hydrogens is 260 g/mol. The second kappa shape index (κ2) is 6.32. The van der Waals surface area contributed by atoms with Crippen molar-refractivity contribution in [3.05, 3.63) is 38.9 Å². The Hall–Kier alpha value is -1.66. The van der Waals surface area contributed by atoms with Gasteiger partial charge in [-0.15, -0.1) is 0 Å². The van der Waals surface area contributed by atoms with Crippen LogP contribution >= 0.6 is 11.6 Å². The number of non-ortho nitro benzene ring substituents is 1. The summed E-state index contributed by atoms with van der Waals surface area (Å²) < 4.78 is 0. The summed E-state index contributed by atoms with van der Waals surface area (Å²) in [5.74, 6) is -0.462. The van der Waals surface area contributed by atoms with Crippen LogP contribution < -0.4 is 5.32 Å². The van der Waals surface area contributed by atoms with Crippen LogP contribution in [0.2, 0.25) is 5.02 Å². The Morgan fingerprint density at radius 1 is 1.61 bits per heavy atom. The minimum absolute atomic E-state index is 0.00879. The Balaban J connectivity index is 2.90. The largest absolute Gasteiger partial charge is 0.394 e. The van der Waals surface area contributed by atoms with Crippen molar-refractivity contribution in [3.63, 3.8) is 0 Å². The first-order chi connectivity index (χ1) is 8.49. The maximum atomic E-state index is 11.8. The van der Waals surface area contributed by atoms with Gasteiger partial charge in [0.15, 0.2) is 0 Å². The third-order valence-electron chi connectivity index (χ3n) is 2.46. The molecule has 7 heteroatoms.